The van der Waals surface area contributed by atoms with Crippen LogP contribution in [-0.2, 0) is 24.3 Å². The van der Waals surface area contributed by atoms with Crippen molar-refractivity contribution < 1.29 is 27.5 Å². The summed E-state index contributed by atoms with van der Waals surface area (Å²) in [6, 6.07) is 3.68. The maximum atomic E-state index is 12.5. The van der Waals surface area contributed by atoms with Crippen LogP contribution < -0.4 is 10.0 Å². The monoisotopic (exact) mass is 418 g/mol. The van der Waals surface area contributed by atoms with Gasteiger partial charge < -0.3 is 14.8 Å². The van der Waals surface area contributed by atoms with Crippen molar-refractivity contribution in [3.05, 3.63) is 28.8 Å². The molecule has 0 spiro atoms. The first kappa shape index (κ1) is 21.6. The maximum absolute atomic E-state index is 12.5. The third-order valence-electron chi connectivity index (χ3n) is 3.77. The van der Waals surface area contributed by atoms with Gasteiger partial charge in [-0.25, -0.2) is 17.9 Å². The van der Waals surface area contributed by atoms with Crippen molar-refractivity contribution in [2.45, 2.75) is 43.7 Å². The van der Waals surface area contributed by atoms with Gasteiger partial charge in [0.25, 0.3) is 5.91 Å². The number of hydrogen-bond donors (Lipinski definition) is 2. The summed E-state index contributed by atoms with van der Waals surface area (Å²) >= 11 is 6.00. The Morgan fingerprint density at radius 2 is 2.11 bits per heavy atom. The van der Waals surface area contributed by atoms with E-state index >= 15 is 0 Å². The number of carbonyl (C=O) groups is 2. The third kappa shape index (κ3) is 6.46. The quantitative estimate of drug-likeness (QED) is 0.618. The van der Waals surface area contributed by atoms with E-state index in [2.05, 4.69) is 10.0 Å². The first-order valence-corrected chi connectivity index (χ1v) is 10.4. The fourth-order valence-corrected chi connectivity index (χ4v) is 4.09. The van der Waals surface area contributed by atoms with Crippen molar-refractivity contribution in [1.29, 1.82) is 0 Å². The van der Waals surface area contributed by atoms with Gasteiger partial charge in [-0.3, -0.25) is 4.79 Å². The van der Waals surface area contributed by atoms with E-state index in [4.69, 9.17) is 21.1 Å². The summed E-state index contributed by atoms with van der Waals surface area (Å²) in [4.78, 5) is 23.4. The van der Waals surface area contributed by atoms with E-state index in [0.29, 0.717) is 6.61 Å². The number of sulfonamides is 1. The number of esters is 1. The van der Waals surface area contributed by atoms with Crippen molar-refractivity contribution in [3.8, 4) is 0 Å². The van der Waals surface area contributed by atoms with Crippen molar-refractivity contribution in [1.82, 2.24) is 10.0 Å². The molecule has 10 heteroatoms. The Labute approximate surface area is 163 Å². The Bertz CT molecular complexity index is 791. The molecule has 150 valence electrons. The van der Waals surface area contributed by atoms with E-state index in [1.54, 1.807) is 13.8 Å². The van der Waals surface area contributed by atoms with Gasteiger partial charge in [0.2, 0.25) is 10.0 Å². The molecule has 1 aromatic rings. The predicted molar refractivity (Wildman–Crippen MR) is 99.2 cm³/mol. The van der Waals surface area contributed by atoms with Crippen LogP contribution in [0.1, 0.15) is 37.0 Å². The predicted octanol–water partition coefficient (Wildman–Crippen LogP) is 1.48. The van der Waals surface area contributed by atoms with Gasteiger partial charge in [-0.05, 0) is 44.9 Å². The molecule has 1 aliphatic heterocycles. The van der Waals surface area contributed by atoms with Gasteiger partial charge in [-0.15, -0.1) is 0 Å². The van der Waals surface area contributed by atoms with Crippen LogP contribution in [-0.4, -0.2) is 52.2 Å². The van der Waals surface area contributed by atoms with Gasteiger partial charge in [0, 0.05) is 19.2 Å². The number of amides is 1. The van der Waals surface area contributed by atoms with Gasteiger partial charge in [0.15, 0.2) is 6.61 Å². The molecule has 1 fully saturated rings. The average Bonchev–Trinajstić information content (AvgIpc) is 3.11. The first-order valence-electron chi connectivity index (χ1n) is 8.56. The third-order valence-corrected chi connectivity index (χ3v) is 5.67. The second-order valence-corrected chi connectivity index (χ2v) is 8.57. The molecule has 1 saturated heterocycles. The van der Waals surface area contributed by atoms with Crippen molar-refractivity contribution >= 4 is 33.5 Å². The van der Waals surface area contributed by atoms with Crippen LogP contribution in [0.2, 0.25) is 5.02 Å². The lowest BCUT2D eigenvalue weighted by molar-refractivity contribution is -0.124. The highest BCUT2D eigenvalue weighted by Crippen LogP contribution is 2.23. The number of halogens is 1. The molecule has 1 amide bonds. The summed E-state index contributed by atoms with van der Waals surface area (Å²) in [5.74, 6) is -1.26. The number of hydrogen-bond acceptors (Lipinski definition) is 6. The van der Waals surface area contributed by atoms with Gasteiger partial charge in [-0.2, -0.15) is 0 Å². The molecule has 27 heavy (non-hydrogen) atoms. The molecule has 0 aliphatic carbocycles. The zero-order chi connectivity index (χ0) is 20.0. The standard InChI is InChI=1S/C17H23ClN2O6S/c1-11(2)20-16(21)10-26-17(22)12-5-6-14(18)15(8-12)27(23,24)19-9-13-4-3-7-25-13/h5-6,8,11,13,19H,3-4,7,9-10H2,1-2H3,(H,20,21)/t13-/m1/s1. The van der Waals surface area contributed by atoms with Crippen LogP contribution in [0, 0.1) is 0 Å². The lowest BCUT2D eigenvalue weighted by atomic mass is 10.2. The van der Waals surface area contributed by atoms with Crippen LogP contribution in [0.15, 0.2) is 23.1 Å². The minimum absolute atomic E-state index is 0.0192. The molecule has 2 N–H and O–H groups in total. The highest BCUT2D eigenvalue weighted by atomic mass is 35.5. The summed E-state index contributed by atoms with van der Waals surface area (Å²) in [5, 5.41) is 2.56. The summed E-state index contributed by atoms with van der Waals surface area (Å²) in [5.41, 5.74) is -0.0192. The van der Waals surface area contributed by atoms with Crippen LogP contribution >= 0.6 is 11.6 Å². The molecule has 8 nitrogen and oxygen atoms in total. The van der Waals surface area contributed by atoms with Crippen molar-refractivity contribution in [3.63, 3.8) is 0 Å². The number of carbonyl (C=O) groups excluding carboxylic acids is 2. The molecular weight excluding hydrogens is 396 g/mol. The molecule has 1 atom stereocenters. The van der Waals surface area contributed by atoms with Gasteiger partial charge in [-0.1, -0.05) is 11.6 Å². The molecule has 2 rings (SSSR count). The number of benzene rings is 1. The van der Waals surface area contributed by atoms with E-state index < -0.39 is 28.5 Å². The lowest BCUT2D eigenvalue weighted by Gasteiger charge is -2.13. The maximum Gasteiger partial charge on any atom is 0.338 e. The van der Waals surface area contributed by atoms with Crippen molar-refractivity contribution in [2.75, 3.05) is 19.8 Å². The van der Waals surface area contributed by atoms with E-state index in [0.717, 1.165) is 18.9 Å². The minimum atomic E-state index is -3.93. The summed E-state index contributed by atoms with van der Waals surface area (Å²) in [6.07, 6.45) is 1.49. The summed E-state index contributed by atoms with van der Waals surface area (Å²) in [7, 11) is -3.93. The molecular formula is C17H23ClN2O6S. The molecule has 0 radical (unpaired) electrons. The molecule has 0 bridgehead atoms. The second kappa shape index (κ2) is 9.50. The fraction of sp³-hybridized carbons (Fsp3) is 0.529. The Kier molecular flexibility index (Phi) is 7.60. The Morgan fingerprint density at radius 1 is 1.37 bits per heavy atom. The van der Waals surface area contributed by atoms with Crippen LogP contribution in [0.5, 0.6) is 0 Å². The Hall–Kier alpha value is -1.68. The Balaban J connectivity index is 2.05. The molecule has 0 saturated carbocycles. The van der Waals surface area contributed by atoms with Gasteiger partial charge in [0.05, 0.1) is 16.7 Å². The largest absolute Gasteiger partial charge is 0.452 e. The highest BCUT2D eigenvalue weighted by molar-refractivity contribution is 7.89. The molecule has 0 aromatic heterocycles. The average molecular weight is 419 g/mol. The van der Waals surface area contributed by atoms with E-state index in [9.17, 15) is 18.0 Å². The minimum Gasteiger partial charge on any atom is -0.452 e. The van der Waals surface area contributed by atoms with E-state index in [-0.39, 0.29) is 34.2 Å². The van der Waals surface area contributed by atoms with E-state index in [1.807, 2.05) is 0 Å². The van der Waals surface area contributed by atoms with Crippen molar-refractivity contribution in [2.24, 2.45) is 0 Å². The molecule has 0 unspecified atom stereocenters. The number of ether oxygens (including phenoxy) is 2. The molecule has 1 aromatic carbocycles. The first-order chi connectivity index (χ1) is 12.7. The van der Waals surface area contributed by atoms with Crippen LogP contribution in [0.25, 0.3) is 0 Å². The highest BCUT2D eigenvalue weighted by Gasteiger charge is 2.24. The lowest BCUT2D eigenvalue weighted by Crippen LogP contribution is -2.34. The zero-order valence-corrected chi connectivity index (χ0v) is 16.7. The summed E-state index contributed by atoms with van der Waals surface area (Å²) in [6.45, 7) is 3.83. The number of nitrogens with one attached hydrogen (secondary N) is 2. The van der Waals surface area contributed by atoms with E-state index in [1.165, 1.54) is 12.1 Å². The smallest absolute Gasteiger partial charge is 0.338 e. The normalized spacial score (nSPS) is 17.1. The summed E-state index contributed by atoms with van der Waals surface area (Å²) < 4.78 is 37.7. The zero-order valence-electron chi connectivity index (χ0n) is 15.2. The van der Waals surface area contributed by atoms with Crippen LogP contribution in [0.4, 0.5) is 0 Å². The fourth-order valence-electron chi connectivity index (χ4n) is 2.50. The van der Waals surface area contributed by atoms with Gasteiger partial charge >= 0.3 is 5.97 Å². The second-order valence-electron chi connectivity index (χ2n) is 6.43. The van der Waals surface area contributed by atoms with Crippen LogP contribution in [0.3, 0.4) is 0 Å². The molecule has 1 heterocycles. The van der Waals surface area contributed by atoms with Gasteiger partial charge in [0.1, 0.15) is 4.90 Å². The number of rotatable bonds is 8. The topological polar surface area (TPSA) is 111 Å². The SMILES string of the molecule is CC(C)NC(=O)COC(=O)c1ccc(Cl)c(S(=O)(=O)NC[C@H]2CCCO2)c1. The molecule has 1 aliphatic rings. The Morgan fingerprint density at radius 3 is 2.74 bits per heavy atom.